The maximum Gasteiger partial charge on any atom is 0.339 e. The van der Waals surface area contributed by atoms with E-state index in [1.54, 1.807) is 12.3 Å². The van der Waals surface area contributed by atoms with Gasteiger partial charge in [0.2, 0.25) is 0 Å². The summed E-state index contributed by atoms with van der Waals surface area (Å²) in [6, 6.07) is 13.0. The van der Waals surface area contributed by atoms with Gasteiger partial charge in [-0.3, -0.25) is 9.59 Å². The Morgan fingerprint density at radius 3 is 2.33 bits per heavy atom. The predicted molar refractivity (Wildman–Crippen MR) is 123 cm³/mol. The number of hydrogen-bond donors (Lipinski definition) is 1. The average Bonchev–Trinajstić information content (AvgIpc) is 2.81. The van der Waals surface area contributed by atoms with Crippen molar-refractivity contribution >= 4 is 23.5 Å². The molecule has 0 radical (unpaired) electrons. The van der Waals surface area contributed by atoms with E-state index in [1.807, 2.05) is 32.0 Å². The molecule has 0 aliphatic heterocycles. The van der Waals surface area contributed by atoms with E-state index >= 15 is 0 Å². The van der Waals surface area contributed by atoms with E-state index in [1.165, 1.54) is 43.1 Å². The lowest BCUT2D eigenvalue weighted by atomic mass is 10.1. The number of pyridine rings is 1. The first-order valence-electron chi connectivity index (χ1n) is 10.1. The topological polar surface area (TPSA) is 104 Å². The first-order valence-corrected chi connectivity index (χ1v) is 10.1. The molecule has 1 N–H and O–H groups in total. The van der Waals surface area contributed by atoms with Gasteiger partial charge in [-0.1, -0.05) is 23.8 Å². The number of carbonyl (C=O) groups is 3. The third kappa shape index (κ3) is 5.17. The Hall–Kier alpha value is -4.20. The molecule has 0 bridgehead atoms. The zero-order valence-corrected chi connectivity index (χ0v) is 18.8. The quantitative estimate of drug-likeness (QED) is 0.580. The Morgan fingerprint density at radius 2 is 1.64 bits per heavy atom. The van der Waals surface area contributed by atoms with Crippen LogP contribution in [0.3, 0.4) is 0 Å². The number of anilines is 1. The molecular formula is C25H24N2O6. The summed E-state index contributed by atoms with van der Waals surface area (Å²) in [5.74, 6) is -2.07. The van der Waals surface area contributed by atoms with Crippen LogP contribution in [-0.2, 0) is 16.0 Å². The molecule has 2 aromatic carbocycles. The first-order chi connectivity index (χ1) is 15.7. The van der Waals surface area contributed by atoms with E-state index in [0.29, 0.717) is 6.54 Å². The lowest BCUT2D eigenvalue weighted by Crippen LogP contribution is -2.29. The van der Waals surface area contributed by atoms with Crippen molar-refractivity contribution < 1.29 is 23.9 Å². The van der Waals surface area contributed by atoms with Crippen LogP contribution >= 0.6 is 0 Å². The average molecular weight is 448 g/mol. The van der Waals surface area contributed by atoms with Crippen molar-refractivity contribution in [1.29, 1.82) is 0 Å². The number of nitrogens with zero attached hydrogens (tertiary/aromatic N) is 1. The Bertz CT molecular complexity index is 1290. The number of aromatic nitrogens is 1. The van der Waals surface area contributed by atoms with Crippen LogP contribution in [0.1, 0.15) is 47.8 Å². The van der Waals surface area contributed by atoms with Gasteiger partial charge in [0.25, 0.3) is 11.5 Å². The van der Waals surface area contributed by atoms with Crippen LogP contribution in [0.25, 0.3) is 0 Å². The van der Waals surface area contributed by atoms with Crippen LogP contribution in [0.4, 0.5) is 5.69 Å². The molecule has 0 spiro atoms. The Balaban J connectivity index is 1.96. The van der Waals surface area contributed by atoms with Gasteiger partial charge in [0, 0.05) is 6.20 Å². The lowest BCUT2D eigenvalue weighted by Gasteiger charge is -2.13. The minimum Gasteiger partial charge on any atom is -0.465 e. The Morgan fingerprint density at radius 1 is 0.909 bits per heavy atom. The fourth-order valence-electron chi connectivity index (χ4n) is 3.36. The number of nitrogens with one attached hydrogen (secondary N) is 1. The van der Waals surface area contributed by atoms with Gasteiger partial charge in [0.1, 0.15) is 5.56 Å². The third-order valence-electron chi connectivity index (χ3n) is 5.20. The monoisotopic (exact) mass is 448 g/mol. The van der Waals surface area contributed by atoms with Crippen LogP contribution in [-0.4, -0.2) is 36.6 Å². The molecule has 0 aliphatic rings. The summed E-state index contributed by atoms with van der Waals surface area (Å²) in [6.45, 7) is 4.23. The summed E-state index contributed by atoms with van der Waals surface area (Å²) in [5, 5.41) is 2.55. The van der Waals surface area contributed by atoms with Gasteiger partial charge in [-0.25, -0.2) is 9.59 Å². The fourth-order valence-corrected chi connectivity index (χ4v) is 3.36. The van der Waals surface area contributed by atoms with Crippen molar-refractivity contribution in [3.05, 3.63) is 98.5 Å². The fraction of sp³-hybridized carbons (Fsp3) is 0.200. The molecule has 8 nitrogen and oxygen atoms in total. The van der Waals surface area contributed by atoms with E-state index in [9.17, 15) is 19.2 Å². The summed E-state index contributed by atoms with van der Waals surface area (Å²) in [7, 11) is 2.42. The number of carbonyl (C=O) groups excluding carboxylic acids is 3. The molecule has 0 saturated heterocycles. The van der Waals surface area contributed by atoms with E-state index in [0.717, 1.165) is 16.7 Å². The number of methoxy groups -OCH3 is 2. The van der Waals surface area contributed by atoms with Crippen molar-refractivity contribution in [3.63, 3.8) is 0 Å². The Kier molecular flexibility index (Phi) is 7.07. The van der Waals surface area contributed by atoms with Crippen LogP contribution < -0.4 is 10.9 Å². The van der Waals surface area contributed by atoms with Gasteiger partial charge in [-0.05, 0) is 55.3 Å². The highest BCUT2D eigenvalue weighted by Gasteiger charge is 2.20. The first kappa shape index (κ1) is 23.5. The molecule has 0 atom stereocenters. The SMILES string of the molecule is COC(=O)c1ccc(C(=O)OC)c(NC(=O)c2cccn(Cc3cc(C)ccc3C)c2=O)c1. The second-order valence-corrected chi connectivity index (χ2v) is 7.48. The molecule has 0 unspecified atom stereocenters. The van der Waals surface area contributed by atoms with Crippen LogP contribution in [0.5, 0.6) is 0 Å². The smallest absolute Gasteiger partial charge is 0.339 e. The molecule has 3 aromatic rings. The predicted octanol–water partition coefficient (Wildman–Crippen LogP) is 3.34. The largest absolute Gasteiger partial charge is 0.465 e. The highest BCUT2D eigenvalue weighted by molar-refractivity contribution is 6.08. The molecule has 1 heterocycles. The number of rotatable bonds is 6. The van der Waals surface area contributed by atoms with Gasteiger partial charge in [-0.2, -0.15) is 0 Å². The minimum absolute atomic E-state index is 0.0269. The van der Waals surface area contributed by atoms with Crippen molar-refractivity contribution in [1.82, 2.24) is 4.57 Å². The lowest BCUT2D eigenvalue weighted by molar-refractivity contribution is 0.0587. The molecule has 0 fully saturated rings. The number of ether oxygens (including phenoxy) is 2. The van der Waals surface area contributed by atoms with Gasteiger partial charge in [-0.15, -0.1) is 0 Å². The summed E-state index contributed by atoms with van der Waals surface area (Å²) in [4.78, 5) is 50.0. The highest BCUT2D eigenvalue weighted by atomic mass is 16.5. The summed E-state index contributed by atoms with van der Waals surface area (Å²) >= 11 is 0. The van der Waals surface area contributed by atoms with Gasteiger partial charge < -0.3 is 19.4 Å². The molecule has 0 saturated carbocycles. The van der Waals surface area contributed by atoms with Crippen LogP contribution in [0.15, 0.2) is 59.5 Å². The van der Waals surface area contributed by atoms with E-state index in [4.69, 9.17) is 9.47 Å². The molecule has 170 valence electrons. The second kappa shape index (κ2) is 9.95. The summed E-state index contributed by atoms with van der Waals surface area (Å²) in [6.07, 6.45) is 1.61. The number of benzene rings is 2. The standard InChI is InChI=1S/C25H24N2O6/c1-15-7-8-16(2)18(12-15)14-27-11-5-6-20(23(27)29)22(28)26-21-13-17(24(30)32-3)9-10-19(21)25(31)33-4/h5-13H,14H2,1-4H3,(H,26,28). The zero-order chi connectivity index (χ0) is 24.1. The number of hydrogen-bond acceptors (Lipinski definition) is 6. The number of aryl methyl sites for hydroxylation is 2. The van der Waals surface area contributed by atoms with Gasteiger partial charge in [0.15, 0.2) is 0 Å². The second-order valence-electron chi connectivity index (χ2n) is 7.48. The Labute approximate surface area is 190 Å². The zero-order valence-electron chi connectivity index (χ0n) is 18.8. The van der Waals surface area contributed by atoms with Crippen LogP contribution in [0.2, 0.25) is 0 Å². The van der Waals surface area contributed by atoms with Gasteiger partial charge >= 0.3 is 11.9 Å². The van der Waals surface area contributed by atoms with Crippen molar-refractivity contribution in [3.8, 4) is 0 Å². The number of esters is 2. The maximum atomic E-state index is 13.0. The van der Waals surface area contributed by atoms with Crippen molar-refractivity contribution in [2.75, 3.05) is 19.5 Å². The van der Waals surface area contributed by atoms with Crippen molar-refractivity contribution in [2.24, 2.45) is 0 Å². The van der Waals surface area contributed by atoms with Gasteiger partial charge in [0.05, 0.1) is 37.6 Å². The van der Waals surface area contributed by atoms with E-state index in [2.05, 4.69) is 5.32 Å². The van der Waals surface area contributed by atoms with E-state index < -0.39 is 23.4 Å². The molecule has 1 aromatic heterocycles. The molecular weight excluding hydrogens is 424 g/mol. The third-order valence-corrected chi connectivity index (χ3v) is 5.20. The molecule has 0 aliphatic carbocycles. The molecule has 3 rings (SSSR count). The summed E-state index contributed by atoms with van der Waals surface area (Å²) < 4.78 is 10.9. The maximum absolute atomic E-state index is 13.0. The summed E-state index contributed by atoms with van der Waals surface area (Å²) in [5.41, 5.74) is 2.66. The minimum atomic E-state index is -0.720. The normalized spacial score (nSPS) is 10.4. The molecule has 8 heteroatoms. The van der Waals surface area contributed by atoms with Crippen molar-refractivity contribution in [2.45, 2.75) is 20.4 Å². The molecule has 33 heavy (non-hydrogen) atoms. The number of amides is 1. The highest BCUT2D eigenvalue weighted by Crippen LogP contribution is 2.20. The van der Waals surface area contributed by atoms with Crippen LogP contribution in [0, 0.1) is 13.8 Å². The van der Waals surface area contributed by atoms with E-state index in [-0.39, 0.29) is 22.4 Å². The molecule has 1 amide bonds.